The van der Waals surface area contributed by atoms with Gasteiger partial charge in [0.25, 0.3) is 0 Å². The van der Waals surface area contributed by atoms with Gasteiger partial charge < -0.3 is 10.1 Å². The monoisotopic (exact) mass is 449 g/mol. The summed E-state index contributed by atoms with van der Waals surface area (Å²) in [6.07, 6.45) is 1.63. The van der Waals surface area contributed by atoms with Crippen molar-refractivity contribution in [2.24, 2.45) is 0 Å². The van der Waals surface area contributed by atoms with Gasteiger partial charge in [-0.15, -0.1) is 10.2 Å². The van der Waals surface area contributed by atoms with Gasteiger partial charge in [-0.05, 0) is 30.3 Å². The fraction of sp³-hybridized carbons (Fsp3) is 0.130. The topological polar surface area (TPSA) is 81.9 Å². The molecule has 2 aromatic carbocycles. The largest absolute Gasteiger partial charge is 0.481 e. The van der Waals surface area contributed by atoms with Gasteiger partial charge in [0.2, 0.25) is 11.8 Å². The number of aromatic nitrogens is 4. The molecular weight excluding hydrogens is 429 g/mol. The number of methoxy groups -OCH3 is 1. The van der Waals surface area contributed by atoms with Crippen molar-refractivity contribution in [2.75, 3.05) is 12.9 Å². The van der Waals surface area contributed by atoms with E-state index in [2.05, 4.69) is 20.5 Å². The zero-order chi connectivity index (χ0) is 22.3. The minimum atomic E-state index is -0.392. The fourth-order valence-corrected chi connectivity index (χ4v) is 3.89. The van der Waals surface area contributed by atoms with Gasteiger partial charge in [0.1, 0.15) is 5.82 Å². The van der Waals surface area contributed by atoms with Crippen molar-refractivity contribution < 1.29 is 13.9 Å². The number of nitrogens with zero attached hydrogens (tertiary/aromatic N) is 4. The maximum atomic E-state index is 14.5. The Hall–Kier alpha value is -3.72. The molecule has 2 aromatic heterocycles. The molecule has 0 saturated heterocycles. The van der Waals surface area contributed by atoms with Crippen LogP contribution in [0.5, 0.6) is 5.88 Å². The molecule has 9 heteroatoms. The summed E-state index contributed by atoms with van der Waals surface area (Å²) in [6.45, 7) is 0.294. The highest BCUT2D eigenvalue weighted by atomic mass is 32.2. The second kappa shape index (κ2) is 10.1. The molecule has 32 heavy (non-hydrogen) atoms. The summed E-state index contributed by atoms with van der Waals surface area (Å²) >= 11 is 1.22. The zero-order valence-electron chi connectivity index (χ0n) is 17.2. The van der Waals surface area contributed by atoms with Gasteiger partial charge >= 0.3 is 0 Å². The molecule has 1 N–H and O–H groups in total. The smallest absolute Gasteiger partial charge is 0.230 e. The first-order chi connectivity index (χ1) is 15.7. The van der Waals surface area contributed by atoms with Crippen molar-refractivity contribution in [3.05, 3.63) is 84.3 Å². The lowest BCUT2D eigenvalue weighted by atomic mass is 10.2. The second-order valence-corrected chi connectivity index (χ2v) is 7.64. The third-order valence-electron chi connectivity index (χ3n) is 4.61. The average Bonchev–Trinajstić information content (AvgIpc) is 3.26. The van der Waals surface area contributed by atoms with Gasteiger partial charge in [-0.2, -0.15) is 0 Å². The molecule has 4 aromatic rings. The van der Waals surface area contributed by atoms with E-state index in [0.717, 1.165) is 11.3 Å². The van der Waals surface area contributed by atoms with Crippen LogP contribution in [0.1, 0.15) is 5.56 Å². The number of carbonyl (C=O) groups is 1. The predicted octanol–water partition coefficient (Wildman–Crippen LogP) is 3.89. The van der Waals surface area contributed by atoms with Gasteiger partial charge in [0, 0.05) is 24.0 Å². The van der Waals surface area contributed by atoms with E-state index in [1.54, 1.807) is 35.0 Å². The number of nitrogens with one attached hydrogen (secondary N) is 1. The Bertz CT molecular complexity index is 1220. The zero-order valence-corrected chi connectivity index (χ0v) is 18.1. The van der Waals surface area contributed by atoms with Crippen molar-refractivity contribution in [3.8, 4) is 23.0 Å². The number of thioether (sulfide) groups is 1. The molecule has 0 unspecified atom stereocenters. The Labute approximate surface area is 188 Å². The molecule has 1 amide bonds. The van der Waals surface area contributed by atoms with Crippen LogP contribution in [0.15, 0.2) is 78.1 Å². The number of carbonyl (C=O) groups excluding carboxylic acids is 1. The molecule has 0 spiro atoms. The van der Waals surface area contributed by atoms with Crippen LogP contribution in [-0.4, -0.2) is 38.5 Å². The lowest BCUT2D eigenvalue weighted by molar-refractivity contribution is -0.118. The molecule has 0 aliphatic carbocycles. The number of hydrogen-bond donors (Lipinski definition) is 1. The molecule has 2 heterocycles. The summed E-state index contributed by atoms with van der Waals surface area (Å²) in [5.41, 5.74) is 1.89. The highest BCUT2D eigenvalue weighted by Crippen LogP contribution is 2.29. The highest BCUT2D eigenvalue weighted by molar-refractivity contribution is 7.99. The standard InChI is InChI=1S/C23H20FN5O2S/c1-31-22-16(8-7-13-25-22)14-26-20(30)15-32-23-28-27-21(18-11-5-6-12-19(18)24)29(23)17-9-3-2-4-10-17/h2-13H,14-15H2,1H3,(H,26,30). The van der Waals surface area contributed by atoms with Crippen LogP contribution in [0.4, 0.5) is 4.39 Å². The van der Waals surface area contributed by atoms with Crippen LogP contribution in [0, 0.1) is 5.82 Å². The first kappa shape index (κ1) is 21.5. The number of hydrogen-bond acceptors (Lipinski definition) is 6. The maximum absolute atomic E-state index is 14.5. The number of para-hydroxylation sites is 1. The van der Waals surface area contributed by atoms with E-state index in [0.29, 0.717) is 29.0 Å². The Morgan fingerprint density at radius 2 is 1.84 bits per heavy atom. The quantitative estimate of drug-likeness (QED) is 0.411. The van der Waals surface area contributed by atoms with Crippen LogP contribution in [-0.2, 0) is 11.3 Å². The van der Waals surface area contributed by atoms with Crippen LogP contribution >= 0.6 is 11.8 Å². The summed E-state index contributed by atoms with van der Waals surface area (Å²) in [5.74, 6) is 0.383. The Morgan fingerprint density at radius 3 is 2.62 bits per heavy atom. The Morgan fingerprint density at radius 1 is 1.06 bits per heavy atom. The van der Waals surface area contributed by atoms with Crippen molar-refractivity contribution >= 4 is 17.7 Å². The molecule has 7 nitrogen and oxygen atoms in total. The van der Waals surface area contributed by atoms with Crippen molar-refractivity contribution in [2.45, 2.75) is 11.7 Å². The van der Waals surface area contributed by atoms with E-state index in [1.807, 2.05) is 36.4 Å². The van der Waals surface area contributed by atoms with Gasteiger partial charge in [0.15, 0.2) is 11.0 Å². The minimum Gasteiger partial charge on any atom is -0.481 e. The van der Waals surface area contributed by atoms with E-state index in [4.69, 9.17) is 4.74 Å². The Kier molecular flexibility index (Phi) is 6.76. The second-order valence-electron chi connectivity index (χ2n) is 6.69. The van der Waals surface area contributed by atoms with E-state index in [-0.39, 0.29) is 11.7 Å². The first-order valence-electron chi connectivity index (χ1n) is 9.80. The molecule has 0 aliphatic heterocycles. The van der Waals surface area contributed by atoms with E-state index in [9.17, 15) is 9.18 Å². The number of amides is 1. The molecule has 4 rings (SSSR count). The Balaban J connectivity index is 1.52. The molecule has 0 fully saturated rings. The number of benzene rings is 2. The third kappa shape index (κ3) is 4.78. The normalized spacial score (nSPS) is 10.7. The highest BCUT2D eigenvalue weighted by Gasteiger charge is 2.19. The molecule has 0 radical (unpaired) electrons. The van der Waals surface area contributed by atoms with Crippen molar-refractivity contribution in [1.82, 2.24) is 25.1 Å². The van der Waals surface area contributed by atoms with E-state index in [1.165, 1.54) is 24.9 Å². The van der Waals surface area contributed by atoms with E-state index < -0.39 is 5.82 Å². The summed E-state index contributed by atoms with van der Waals surface area (Å²) in [6, 6.07) is 19.4. The van der Waals surface area contributed by atoms with Crippen molar-refractivity contribution in [1.29, 1.82) is 0 Å². The van der Waals surface area contributed by atoms with Gasteiger partial charge in [-0.25, -0.2) is 9.37 Å². The molecule has 0 atom stereocenters. The van der Waals surface area contributed by atoms with Crippen LogP contribution < -0.4 is 10.1 Å². The van der Waals surface area contributed by atoms with Crippen LogP contribution in [0.25, 0.3) is 17.1 Å². The lowest BCUT2D eigenvalue weighted by Crippen LogP contribution is -2.25. The molecular formula is C23H20FN5O2S. The van der Waals surface area contributed by atoms with E-state index >= 15 is 0 Å². The lowest BCUT2D eigenvalue weighted by Gasteiger charge is -2.11. The molecule has 0 bridgehead atoms. The van der Waals surface area contributed by atoms with Crippen molar-refractivity contribution in [3.63, 3.8) is 0 Å². The van der Waals surface area contributed by atoms with Gasteiger partial charge in [0.05, 0.1) is 18.4 Å². The summed E-state index contributed by atoms with van der Waals surface area (Å²) < 4.78 is 21.4. The summed E-state index contributed by atoms with van der Waals surface area (Å²) in [7, 11) is 1.53. The number of ether oxygens (including phenoxy) is 1. The summed E-state index contributed by atoms with van der Waals surface area (Å²) in [4.78, 5) is 16.6. The maximum Gasteiger partial charge on any atom is 0.230 e. The molecule has 162 valence electrons. The van der Waals surface area contributed by atoms with Gasteiger partial charge in [-0.3, -0.25) is 9.36 Å². The van der Waals surface area contributed by atoms with Crippen LogP contribution in [0.3, 0.4) is 0 Å². The SMILES string of the molecule is COc1ncccc1CNC(=O)CSc1nnc(-c2ccccc2F)n1-c1ccccc1. The number of halogens is 1. The van der Waals surface area contributed by atoms with Gasteiger partial charge in [-0.1, -0.05) is 48.2 Å². The number of pyridine rings is 1. The minimum absolute atomic E-state index is 0.116. The third-order valence-corrected chi connectivity index (χ3v) is 5.54. The molecule has 0 saturated carbocycles. The first-order valence-corrected chi connectivity index (χ1v) is 10.8. The number of rotatable bonds is 8. The average molecular weight is 450 g/mol. The van der Waals surface area contributed by atoms with Crippen LogP contribution in [0.2, 0.25) is 0 Å². The predicted molar refractivity (Wildman–Crippen MR) is 120 cm³/mol. The summed E-state index contributed by atoms with van der Waals surface area (Å²) in [5, 5.41) is 11.8. The molecule has 0 aliphatic rings. The fourth-order valence-electron chi connectivity index (χ4n) is 3.11.